The lowest BCUT2D eigenvalue weighted by Crippen LogP contribution is -2.65. The first-order chi connectivity index (χ1) is 24.7. The number of rotatable bonds is 6. The second kappa shape index (κ2) is 14.1. The third-order valence-electron chi connectivity index (χ3n) is 16.2. The van der Waals surface area contributed by atoms with Crippen LogP contribution in [-0.4, -0.2) is 135 Å². The Labute approximate surface area is 307 Å². The molecule has 0 bridgehead atoms. The van der Waals surface area contributed by atoms with Crippen molar-refractivity contribution in [1.29, 1.82) is 0 Å². The second-order valence-electron chi connectivity index (χ2n) is 18.7. The topological polar surface area (TPSA) is 197 Å². The van der Waals surface area contributed by atoms with Crippen LogP contribution in [0.3, 0.4) is 0 Å². The summed E-state index contributed by atoms with van der Waals surface area (Å²) in [5, 5.41) is 73.0. The number of hydrogen-bond donors (Lipinski definition) is 7. The monoisotopic (exact) mass is 740 g/mol. The van der Waals surface area contributed by atoms with Gasteiger partial charge in [-0.05, 0) is 104 Å². The van der Waals surface area contributed by atoms with Gasteiger partial charge in [0.2, 0.25) is 0 Å². The first-order valence-electron chi connectivity index (χ1n) is 20.3. The molecule has 4 aliphatic heterocycles. The van der Waals surface area contributed by atoms with Crippen molar-refractivity contribution in [3.63, 3.8) is 0 Å². The van der Waals surface area contributed by atoms with Crippen molar-refractivity contribution in [2.45, 2.75) is 171 Å². The Morgan fingerprint density at radius 3 is 2.06 bits per heavy atom. The van der Waals surface area contributed by atoms with Gasteiger partial charge in [0.15, 0.2) is 18.4 Å². The molecule has 7 unspecified atom stereocenters. The summed E-state index contributed by atoms with van der Waals surface area (Å²) in [6.45, 7) is 9.32. The quantitative estimate of drug-likeness (QED) is 0.194. The van der Waals surface area contributed by atoms with Gasteiger partial charge in [-0.2, -0.15) is 0 Å². The molecule has 298 valence electrons. The van der Waals surface area contributed by atoms with Crippen LogP contribution in [0.15, 0.2) is 0 Å². The molecule has 0 amide bonds. The molecule has 8 aliphatic rings. The maximum atomic E-state index is 11.4. The van der Waals surface area contributed by atoms with Crippen LogP contribution in [0.2, 0.25) is 0 Å². The van der Waals surface area contributed by atoms with Crippen LogP contribution in [0.25, 0.3) is 0 Å². The van der Waals surface area contributed by atoms with Crippen molar-refractivity contribution in [2.24, 2.45) is 52.3 Å². The Kier molecular flexibility index (Phi) is 10.4. The summed E-state index contributed by atoms with van der Waals surface area (Å²) in [4.78, 5) is 0. The van der Waals surface area contributed by atoms with Gasteiger partial charge in [-0.25, -0.2) is 0 Å². The summed E-state index contributed by atoms with van der Waals surface area (Å²) in [5.41, 5.74) is 0.448. The minimum absolute atomic E-state index is 0.183. The van der Waals surface area contributed by atoms with E-state index < -0.39 is 80.4 Å². The Morgan fingerprint density at radius 1 is 0.673 bits per heavy atom. The molecule has 8 fully saturated rings. The molecule has 0 radical (unpaired) electrons. The van der Waals surface area contributed by atoms with E-state index in [4.69, 9.17) is 28.4 Å². The van der Waals surface area contributed by atoms with E-state index in [1.54, 1.807) is 0 Å². The van der Waals surface area contributed by atoms with E-state index in [0.29, 0.717) is 41.4 Å². The first-order valence-corrected chi connectivity index (χ1v) is 20.3. The average molecular weight is 741 g/mol. The zero-order valence-corrected chi connectivity index (χ0v) is 31.2. The van der Waals surface area contributed by atoms with Crippen LogP contribution in [0, 0.1) is 52.3 Å². The van der Waals surface area contributed by atoms with E-state index >= 15 is 0 Å². The molecular weight excluding hydrogens is 676 g/mol. The highest BCUT2D eigenvalue weighted by Gasteiger charge is 2.69. The van der Waals surface area contributed by atoms with Gasteiger partial charge in [0.1, 0.15) is 48.8 Å². The van der Waals surface area contributed by atoms with Gasteiger partial charge in [-0.1, -0.05) is 27.7 Å². The summed E-state index contributed by atoms with van der Waals surface area (Å²) in [5.74, 6) is 3.57. The Morgan fingerprint density at radius 2 is 1.37 bits per heavy atom. The molecule has 7 N–H and O–H groups in total. The van der Waals surface area contributed by atoms with Gasteiger partial charge >= 0.3 is 0 Å². The lowest BCUT2D eigenvalue weighted by molar-refractivity contribution is -0.365. The summed E-state index contributed by atoms with van der Waals surface area (Å²) < 4.78 is 37.1. The molecule has 52 heavy (non-hydrogen) atoms. The molecule has 0 aromatic heterocycles. The molecule has 4 saturated heterocycles. The van der Waals surface area contributed by atoms with Crippen molar-refractivity contribution < 1.29 is 64.2 Å². The number of fused-ring (bicyclic) bond motifs is 7. The Hall–Kier alpha value is -0.520. The molecular formula is C39H64O13. The van der Waals surface area contributed by atoms with Crippen LogP contribution in [0.5, 0.6) is 0 Å². The molecule has 0 aromatic rings. The molecule has 4 heterocycles. The van der Waals surface area contributed by atoms with Crippen molar-refractivity contribution in [1.82, 2.24) is 0 Å². The molecule has 0 aromatic carbocycles. The van der Waals surface area contributed by atoms with Crippen LogP contribution in [0.4, 0.5) is 0 Å². The van der Waals surface area contributed by atoms with Crippen molar-refractivity contribution >= 4 is 0 Å². The van der Waals surface area contributed by atoms with Gasteiger partial charge in [-0.15, -0.1) is 0 Å². The molecule has 8 rings (SSSR count). The van der Waals surface area contributed by atoms with Crippen molar-refractivity contribution in [3.05, 3.63) is 0 Å². The highest BCUT2D eigenvalue weighted by atomic mass is 16.7. The normalized spacial score (nSPS) is 59.0. The van der Waals surface area contributed by atoms with Crippen LogP contribution in [0.1, 0.15) is 91.9 Å². The third kappa shape index (κ3) is 5.98. The van der Waals surface area contributed by atoms with Crippen molar-refractivity contribution in [3.8, 4) is 0 Å². The van der Waals surface area contributed by atoms with Gasteiger partial charge in [-0.3, -0.25) is 0 Å². The summed E-state index contributed by atoms with van der Waals surface area (Å²) in [6, 6.07) is 0. The molecule has 13 heteroatoms. The van der Waals surface area contributed by atoms with Crippen LogP contribution in [-0.2, 0) is 28.4 Å². The summed E-state index contributed by atoms with van der Waals surface area (Å²) in [7, 11) is 0. The summed E-state index contributed by atoms with van der Waals surface area (Å²) >= 11 is 0. The first kappa shape index (κ1) is 38.4. The lowest BCUT2D eigenvalue weighted by Gasteiger charge is -2.61. The standard InChI is InChI=1S/C39H64O13/c1-18-7-12-39(47-17-18)19(2)28-25(52-39)14-24-22-6-5-20-13-21(8-10-37(20,3)23(22)9-11-38(24,28)4)48-36-33(46)34(30(43)27(16-41)50-36)51-35-32(45)31(44)29(42)26(15-40)49-35/h18-36,40-46H,5-17H2,1-4H3/t18-,19?,20+,21-,22?,23?,24?,25?,26+,27+,28?,29+,30+,31-,32+,33+,34-,35-,36+,37-,38-,39?/m0/s1. The predicted molar refractivity (Wildman–Crippen MR) is 183 cm³/mol. The van der Waals surface area contributed by atoms with Gasteiger partial charge in [0, 0.05) is 12.3 Å². The molecule has 4 saturated carbocycles. The van der Waals surface area contributed by atoms with E-state index in [1.165, 1.54) is 25.7 Å². The largest absolute Gasteiger partial charge is 0.394 e. The fraction of sp³-hybridized carbons (Fsp3) is 1.00. The van der Waals surface area contributed by atoms with Crippen molar-refractivity contribution in [2.75, 3.05) is 19.8 Å². The van der Waals surface area contributed by atoms with Gasteiger partial charge < -0.3 is 64.2 Å². The Balaban J connectivity index is 0.917. The van der Waals surface area contributed by atoms with E-state index in [0.717, 1.165) is 45.1 Å². The molecule has 4 aliphatic carbocycles. The number of ether oxygens (including phenoxy) is 6. The number of hydrogen-bond acceptors (Lipinski definition) is 13. The third-order valence-corrected chi connectivity index (χ3v) is 16.2. The fourth-order valence-corrected chi connectivity index (χ4v) is 13.2. The zero-order chi connectivity index (χ0) is 36.9. The van der Waals surface area contributed by atoms with Gasteiger partial charge in [0.05, 0.1) is 32.0 Å². The molecule has 13 nitrogen and oxygen atoms in total. The maximum absolute atomic E-state index is 11.4. The van der Waals surface area contributed by atoms with Gasteiger partial charge in [0.25, 0.3) is 0 Å². The second-order valence-corrected chi connectivity index (χ2v) is 18.7. The minimum atomic E-state index is -1.72. The number of aliphatic hydroxyl groups excluding tert-OH is 7. The smallest absolute Gasteiger partial charge is 0.187 e. The number of aliphatic hydroxyl groups is 7. The highest BCUT2D eigenvalue weighted by molar-refractivity contribution is 5.15. The summed E-state index contributed by atoms with van der Waals surface area (Å²) in [6.07, 6.45) is -3.83. The molecule has 1 spiro atoms. The fourth-order valence-electron chi connectivity index (χ4n) is 13.2. The van der Waals surface area contributed by atoms with Crippen LogP contribution >= 0.6 is 0 Å². The zero-order valence-electron chi connectivity index (χ0n) is 31.2. The lowest BCUT2D eigenvalue weighted by atomic mass is 9.44. The molecule has 22 atom stereocenters. The SMILES string of the molecule is CC1C2C(CC3C4CC[C@@H]5C[C@@H](O[C@@H]6O[C@H](CO)[C@@H](O)[C@H](O[C@@H]7O[C@H](CO)[C@@H](O)[C@H](O)[C@H]7O)[C@H]6O)CC[C@]5(C)C4CC[C@@]32C)OC12CC[C@H](C)CO2. The van der Waals surface area contributed by atoms with E-state index in [9.17, 15) is 35.7 Å². The van der Waals surface area contributed by atoms with E-state index in [1.807, 2.05) is 0 Å². The maximum Gasteiger partial charge on any atom is 0.187 e. The van der Waals surface area contributed by atoms with E-state index in [2.05, 4.69) is 27.7 Å². The van der Waals surface area contributed by atoms with E-state index in [-0.39, 0.29) is 23.0 Å². The Bertz CT molecular complexity index is 1260. The van der Waals surface area contributed by atoms with Crippen LogP contribution < -0.4 is 0 Å². The minimum Gasteiger partial charge on any atom is -0.394 e. The average Bonchev–Trinajstić information content (AvgIpc) is 3.58. The highest BCUT2D eigenvalue weighted by Crippen LogP contribution is 2.71. The predicted octanol–water partition coefficient (Wildman–Crippen LogP) is 1.44.